The summed E-state index contributed by atoms with van der Waals surface area (Å²) in [7, 11) is 0. The Morgan fingerprint density at radius 1 is 1.14 bits per heavy atom. The van der Waals surface area contributed by atoms with Crippen LogP contribution in [0.4, 0.5) is 0 Å². The molecule has 0 saturated carbocycles. The highest BCUT2D eigenvalue weighted by Gasteiger charge is 2.12. The largest absolute Gasteiger partial charge is 0.507 e. The first kappa shape index (κ1) is 13.2. The van der Waals surface area contributed by atoms with E-state index in [-0.39, 0.29) is 17.2 Å². The second-order valence-electron chi connectivity index (χ2n) is 4.91. The molecule has 0 saturated heterocycles. The van der Waals surface area contributed by atoms with Crippen molar-refractivity contribution in [3.05, 3.63) is 65.6 Å². The van der Waals surface area contributed by atoms with Gasteiger partial charge in [-0.1, -0.05) is 24.3 Å². The lowest BCUT2D eigenvalue weighted by molar-refractivity contribution is 0.0945. The fourth-order valence-corrected chi connectivity index (χ4v) is 2.25. The number of aryl methyl sites for hydroxylation is 1. The van der Waals surface area contributed by atoms with Crippen molar-refractivity contribution in [2.75, 3.05) is 0 Å². The fourth-order valence-electron chi connectivity index (χ4n) is 2.25. The van der Waals surface area contributed by atoms with E-state index in [2.05, 4.69) is 5.32 Å². The molecule has 1 amide bonds. The molecule has 106 valence electrons. The van der Waals surface area contributed by atoms with Gasteiger partial charge in [-0.3, -0.25) is 4.79 Å². The molecule has 1 heterocycles. The molecule has 0 spiro atoms. The molecule has 2 N–H and O–H groups in total. The number of carbonyl (C=O) groups is 1. The number of hydrogen-bond donors (Lipinski definition) is 2. The van der Waals surface area contributed by atoms with Crippen molar-refractivity contribution in [2.24, 2.45) is 0 Å². The molecule has 1 aromatic heterocycles. The number of phenolic OH excluding ortho intramolecular Hbond substituents is 1. The van der Waals surface area contributed by atoms with Crippen LogP contribution >= 0.6 is 0 Å². The van der Waals surface area contributed by atoms with Crippen molar-refractivity contribution in [2.45, 2.75) is 13.5 Å². The Hall–Kier alpha value is -2.75. The predicted molar refractivity (Wildman–Crippen MR) is 80.2 cm³/mol. The summed E-state index contributed by atoms with van der Waals surface area (Å²) < 4.78 is 5.39. The first-order valence-corrected chi connectivity index (χ1v) is 6.69. The highest BCUT2D eigenvalue weighted by atomic mass is 16.3. The summed E-state index contributed by atoms with van der Waals surface area (Å²) in [5.41, 5.74) is 0.261. The molecule has 0 fully saturated rings. The lowest BCUT2D eigenvalue weighted by atomic mass is 10.1. The van der Waals surface area contributed by atoms with Crippen LogP contribution in [0, 0.1) is 6.92 Å². The van der Waals surface area contributed by atoms with Crippen molar-refractivity contribution in [3.63, 3.8) is 0 Å². The van der Waals surface area contributed by atoms with E-state index >= 15 is 0 Å². The number of hydrogen-bond acceptors (Lipinski definition) is 3. The van der Waals surface area contributed by atoms with Crippen LogP contribution in [0.1, 0.15) is 21.9 Å². The van der Waals surface area contributed by atoms with Gasteiger partial charge in [-0.05, 0) is 42.0 Å². The summed E-state index contributed by atoms with van der Waals surface area (Å²) in [5, 5.41) is 14.5. The molecular weight excluding hydrogens is 266 g/mol. The molecule has 0 aliphatic rings. The molecule has 0 atom stereocenters. The van der Waals surface area contributed by atoms with Gasteiger partial charge in [0.2, 0.25) is 0 Å². The minimum absolute atomic E-state index is 0.0261. The quantitative estimate of drug-likeness (QED) is 0.773. The molecule has 0 aliphatic carbocycles. The highest BCUT2D eigenvalue weighted by molar-refractivity contribution is 6.01. The van der Waals surface area contributed by atoms with Gasteiger partial charge >= 0.3 is 0 Å². The maximum atomic E-state index is 12.2. The minimum Gasteiger partial charge on any atom is -0.507 e. The summed E-state index contributed by atoms with van der Waals surface area (Å²) in [6.07, 6.45) is 0. The number of furan rings is 1. The Labute approximate surface area is 122 Å². The van der Waals surface area contributed by atoms with E-state index in [0.29, 0.717) is 12.3 Å². The number of amides is 1. The first-order chi connectivity index (χ1) is 10.1. The van der Waals surface area contributed by atoms with Crippen molar-refractivity contribution < 1.29 is 14.3 Å². The number of aromatic hydroxyl groups is 1. The summed E-state index contributed by atoms with van der Waals surface area (Å²) >= 11 is 0. The second-order valence-corrected chi connectivity index (χ2v) is 4.91. The summed E-state index contributed by atoms with van der Waals surface area (Å²) in [5.74, 6) is 1.13. The average Bonchev–Trinajstić information content (AvgIpc) is 2.89. The van der Waals surface area contributed by atoms with Crippen LogP contribution in [0.2, 0.25) is 0 Å². The first-order valence-electron chi connectivity index (χ1n) is 6.69. The average molecular weight is 281 g/mol. The van der Waals surface area contributed by atoms with Crippen LogP contribution in [0.25, 0.3) is 10.8 Å². The Kier molecular flexibility index (Phi) is 3.36. The van der Waals surface area contributed by atoms with Crippen LogP contribution < -0.4 is 5.32 Å². The number of fused-ring (bicyclic) bond motifs is 1. The van der Waals surface area contributed by atoms with E-state index in [9.17, 15) is 9.90 Å². The molecule has 2 aromatic carbocycles. The van der Waals surface area contributed by atoms with Gasteiger partial charge in [-0.15, -0.1) is 0 Å². The van der Waals surface area contributed by atoms with Crippen LogP contribution in [0.5, 0.6) is 5.75 Å². The third kappa shape index (κ3) is 2.74. The number of phenols is 1. The lowest BCUT2D eigenvalue weighted by Crippen LogP contribution is -2.22. The molecule has 4 heteroatoms. The Morgan fingerprint density at radius 2 is 1.86 bits per heavy atom. The Morgan fingerprint density at radius 3 is 2.52 bits per heavy atom. The van der Waals surface area contributed by atoms with Gasteiger partial charge in [0.15, 0.2) is 0 Å². The molecule has 3 rings (SSSR count). The van der Waals surface area contributed by atoms with Crippen molar-refractivity contribution in [1.82, 2.24) is 5.32 Å². The number of benzene rings is 2. The molecule has 0 bridgehead atoms. The Bertz CT molecular complexity index is 805. The topological polar surface area (TPSA) is 62.5 Å². The minimum atomic E-state index is -0.327. The summed E-state index contributed by atoms with van der Waals surface area (Å²) in [6.45, 7) is 2.14. The fraction of sp³-hybridized carbons (Fsp3) is 0.118. The van der Waals surface area contributed by atoms with Crippen molar-refractivity contribution in [3.8, 4) is 5.75 Å². The van der Waals surface area contributed by atoms with E-state index < -0.39 is 0 Å². The molecule has 0 unspecified atom stereocenters. The van der Waals surface area contributed by atoms with Gasteiger partial charge in [0, 0.05) is 0 Å². The van der Waals surface area contributed by atoms with E-state index in [4.69, 9.17) is 4.42 Å². The molecule has 0 radical (unpaired) electrons. The SMILES string of the molecule is Cc1ccc(CNC(=O)c2cc3ccccc3cc2O)o1. The third-order valence-electron chi connectivity index (χ3n) is 3.33. The van der Waals surface area contributed by atoms with Crippen LogP contribution in [-0.2, 0) is 6.54 Å². The van der Waals surface area contributed by atoms with Gasteiger partial charge in [-0.25, -0.2) is 0 Å². The van der Waals surface area contributed by atoms with Crippen LogP contribution in [0.15, 0.2) is 52.9 Å². The number of rotatable bonds is 3. The zero-order chi connectivity index (χ0) is 14.8. The van der Waals surface area contributed by atoms with Crippen LogP contribution in [-0.4, -0.2) is 11.0 Å². The Balaban J connectivity index is 1.82. The second kappa shape index (κ2) is 5.32. The zero-order valence-electron chi connectivity index (χ0n) is 11.6. The molecular formula is C17H15NO3. The standard InChI is InChI=1S/C17H15NO3/c1-11-6-7-14(21-11)10-18-17(20)15-8-12-4-2-3-5-13(12)9-16(15)19/h2-9,19H,10H2,1H3,(H,18,20). The smallest absolute Gasteiger partial charge is 0.255 e. The van der Waals surface area contributed by atoms with E-state index in [1.165, 1.54) is 0 Å². The molecule has 21 heavy (non-hydrogen) atoms. The van der Waals surface area contributed by atoms with Gasteiger partial charge in [-0.2, -0.15) is 0 Å². The van der Waals surface area contributed by atoms with Gasteiger partial charge in [0.1, 0.15) is 17.3 Å². The van der Waals surface area contributed by atoms with E-state index in [1.807, 2.05) is 43.3 Å². The maximum absolute atomic E-state index is 12.2. The van der Waals surface area contributed by atoms with Crippen molar-refractivity contribution >= 4 is 16.7 Å². The van der Waals surface area contributed by atoms with E-state index in [0.717, 1.165) is 16.5 Å². The number of carbonyl (C=O) groups excluding carboxylic acids is 1. The normalized spacial score (nSPS) is 10.7. The molecule has 3 aromatic rings. The van der Waals surface area contributed by atoms with Gasteiger partial charge in [0.25, 0.3) is 5.91 Å². The number of nitrogens with one attached hydrogen (secondary N) is 1. The summed E-state index contributed by atoms with van der Waals surface area (Å²) in [4.78, 5) is 12.2. The zero-order valence-corrected chi connectivity index (χ0v) is 11.6. The predicted octanol–water partition coefficient (Wildman–Crippen LogP) is 3.38. The summed E-state index contributed by atoms with van der Waals surface area (Å²) in [6, 6.07) is 14.5. The maximum Gasteiger partial charge on any atom is 0.255 e. The lowest BCUT2D eigenvalue weighted by Gasteiger charge is -2.07. The third-order valence-corrected chi connectivity index (χ3v) is 3.33. The monoisotopic (exact) mass is 281 g/mol. The highest BCUT2D eigenvalue weighted by Crippen LogP contribution is 2.24. The van der Waals surface area contributed by atoms with Crippen molar-refractivity contribution in [1.29, 1.82) is 0 Å². The molecule has 4 nitrogen and oxygen atoms in total. The van der Waals surface area contributed by atoms with Crippen LogP contribution in [0.3, 0.4) is 0 Å². The molecule has 0 aliphatic heterocycles. The van der Waals surface area contributed by atoms with Gasteiger partial charge < -0.3 is 14.8 Å². The van der Waals surface area contributed by atoms with Gasteiger partial charge in [0.05, 0.1) is 12.1 Å². The van der Waals surface area contributed by atoms with E-state index in [1.54, 1.807) is 12.1 Å².